The van der Waals surface area contributed by atoms with Gasteiger partial charge in [-0.1, -0.05) is 24.3 Å². The molecule has 1 amide bonds. The van der Waals surface area contributed by atoms with E-state index < -0.39 is 37.0 Å². The zero-order chi connectivity index (χ0) is 49.1. The Morgan fingerprint density at radius 1 is 0.944 bits per heavy atom. The first-order valence-corrected chi connectivity index (χ1v) is 26.8. The molecule has 3 atom stereocenters. The fraction of sp³-hybridized carbons (Fsp3) is 0.509. The first-order valence-electron chi connectivity index (χ1n) is 25.3. The number of ether oxygens (including phenoxy) is 3. The van der Waals surface area contributed by atoms with E-state index in [2.05, 4.69) is 56.0 Å². The van der Waals surface area contributed by atoms with Crippen molar-refractivity contribution in [3.05, 3.63) is 106 Å². The molecular weight excluding hydrogens is 925 g/mol. The van der Waals surface area contributed by atoms with Gasteiger partial charge in [-0.3, -0.25) is 19.8 Å². The number of hydrogen-bond donors (Lipinski definition) is 4. The molecule has 0 radical (unpaired) electrons. The van der Waals surface area contributed by atoms with Crippen LogP contribution in [0.5, 0.6) is 5.88 Å². The highest BCUT2D eigenvalue weighted by atomic mass is 32.2. The number of sulfonamides is 1. The van der Waals surface area contributed by atoms with E-state index in [1.54, 1.807) is 6.07 Å². The summed E-state index contributed by atoms with van der Waals surface area (Å²) in [6.45, 7) is 9.39. The number of aliphatic hydroxyl groups is 1. The fourth-order valence-corrected chi connectivity index (χ4v) is 13.3. The number of benzene rings is 3. The number of rotatable bonds is 11. The monoisotopic (exact) mass is 988 g/mol. The van der Waals surface area contributed by atoms with Gasteiger partial charge in [0.15, 0.2) is 0 Å². The van der Waals surface area contributed by atoms with Crippen molar-refractivity contribution in [1.82, 2.24) is 19.6 Å². The summed E-state index contributed by atoms with van der Waals surface area (Å²) in [5.74, 6) is -0.297. The topological polar surface area (TPSA) is 205 Å². The Balaban J connectivity index is 0.868. The summed E-state index contributed by atoms with van der Waals surface area (Å²) < 4.78 is 49.4. The zero-order valence-corrected chi connectivity index (χ0v) is 41.3. The Kier molecular flexibility index (Phi) is 12.7. The average Bonchev–Trinajstić information content (AvgIpc) is 3.68. The van der Waals surface area contributed by atoms with Crippen LogP contribution in [-0.2, 0) is 19.5 Å². The number of anilines is 4. The molecule has 6 aliphatic rings. The summed E-state index contributed by atoms with van der Waals surface area (Å²) in [7, 11) is -4.62. The second kappa shape index (κ2) is 19.0. The lowest BCUT2D eigenvalue weighted by Crippen LogP contribution is -2.56. The molecule has 6 heterocycles. The van der Waals surface area contributed by atoms with E-state index in [-0.39, 0.29) is 40.8 Å². The van der Waals surface area contributed by atoms with E-state index >= 15 is 0 Å². The van der Waals surface area contributed by atoms with Gasteiger partial charge in [0, 0.05) is 68.6 Å². The summed E-state index contributed by atoms with van der Waals surface area (Å²) in [5.41, 5.74) is 4.69. The predicted molar refractivity (Wildman–Crippen MR) is 270 cm³/mol. The van der Waals surface area contributed by atoms with Crippen LogP contribution >= 0.6 is 0 Å². The smallest absolute Gasteiger partial charge is 0.293 e. The van der Waals surface area contributed by atoms with E-state index in [0.717, 1.165) is 88.3 Å². The highest BCUT2D eigenvalue weighted by Crippen LogP contribution is 2.54. The molecule has 5 aromatic rings. The zero-order valence-electron chi connectivity index (χ0n) is 40.5. The van der Waals surface area contributed by atoms with E-state index in [0.29, 0.717) is 74.6 Å². The molecule has 3 aromatic carbocycles. The number of nitrogens with one attached hydrogen (secondary N) is 3. The number of aromatic nitrogens is 2. The Hall–Kier alpha value is -5.79. The number of nitro benzene ring substituents is 1. The number of carbonyl (C=O) groups excluding carboxylic acids is 1. The number of fused-ring (bicyclic) bond motifs is 3. The standard InChI is InChI=1S/C53H64N8O9S/c1-34-6-3-4-7-40(34)46-32-68-24-5-21-59(46)38-29-53(30-38)18-22-58(23-19-53)37-8-10-41(43(27-37)60-45-26-36-14-20-54-49(36)56-51(45)70-48-15-25-69-33-47(48)60)50(62)57-71(66,67)39-9-11-42(44(28-39)61(64)65)55-31-35-12-16-52(2,63)17-13-35/h3-4,6-11,14,20,26-28,35,38,46-48,55,63H,5,12-13,15-19,21-25,29-33H2,1-2H3,(H,54,56)(H,57,62)/t35?,46-,47+,48+,52?/m0/s1. The van der Waals surface area contributed by atoms with Gasteiger partial charge in [-0.25, -0.2) is 13.1 Å². The Morgan fingerprint density at radius 3 is 2.52 bits per heavy atom. The molecule has 376 valence electrons. The van der Waals surface area contributed by atoms with Crippen LogP contribution < -0.4 is 24.6 Å². The maximum absolute atomic E-state index is 14.7. The van der Waals surface area contributed by atoms with Crippen LogP contribution in [0.3, 0.4) is 0 Å². The number of nitrogens with zero attached hydrogens (tertiary/aromatic N) is 5. The SMILES string of the molecule is Cc1ccccc1[C@@H]1COCCCN1C1CC2(CCN(c3ccc(C(=O)NS(=O)(=O)c4ccc(NCC5CCC(C)(O)CC5)c([N+](=O)[O-])c4)c(N4c5cc6cc[nH]c6nc5O[C@@H]5CCOC[C@H]54)c3)CC2)C1. The van der Waals surface area contributed by atoms with E-state index in [9.17, 15) is 28.4 Å². The lowest BCUT2D eigenvalue weighted by Gasteiger charge is -2.56. The van der Waals surface area contributed by atoms with Crippen molar-refractivity contribution >= 4 is 55.4 Å². The largest absolute Gasteiger partial charge is 0.470 e. The molecule has 17 nitrogen and oxygen atoms in total. The van der Waals surface area contributed by atoms with Crippen LogP contribution in [0.15, 0.2) is 83.9 Å². The van der Waals surface area contributed by atoms with Gasteiger partial charge in [0.1, 0.15) is 23.1 Å². The second-order valence-corrected chi connectivity index (χ2v) is 22.8. The Bertz CT molecular complexity index is 2920. The van der Waals surface area contributed by atoms with Gasteiger partial charge in [0.2, 0.25) is 5.88 Å². The molecule has 4 aliphatic heterocycles. The molecule has 4 N–H and O–H groups in total. The number of nitro groups is 1. The van der Waals surface area contributed by atoms with E-state index in [1.165, 1.54) is 23.3 Å². The number of H-pyrrole nitrogens is 1. The molecular formula is C53H64N8O9S. The maximum Gasteiger partial charge on any atom is 0.293 e. The van der Waals surface area contributed by atoms with Gasteiger partial charge in [-0.2, -0.15) is 4.98 Å². The quantitative estimate of drug-likeness (QED) is 0.0729. The van der Waals surface area contributed by atoms with E-state index in [4.69, 9.17) is 19.2 Å². The molecule has 2 aromatic heterocycles. The summed E-state index contributed by atoms with van der Waals surface area (Å²) in [4.78, 5) is 41.2. The van der Waals surface area contributed by atoms with Crippen LogP contribution in [0.2, 0.25) is 0 Å². The molecule has 11 rings (SSSR count). The number of aryl methyl sites for hydroxylation is 1. The highest BCUT2D eigenvalue weighted by molar-refractivity contribution is 7.90. The minimum Gasteiger partial charge on any atom is -0.470 e. The summed E-state index contributed by atoms with van der Waals surface area (Å²) in [5, 5.41) is 26.7. The third-order valence-corrected chi connectivity index (χ3v) is 17.8. The molecule has 18 heteroatoms. The van der Waals surface area contributed by atoms with Crippen LogP contribution in [0, 0.1) is 28.4 Å². The molecule has 3 saturated heterocycles. The van der Waals surface area contributed by atoms with Gasteiger partial charge < -0.3 is 39.4 Å². The van der Waals surface area contributed by atoms with Gasteiger partial charge in [0.25, 0.3) is 21.6 Å². The highest BCUT2D eigenvalue weighted by Gasteiger charge is 2.50. The summed E-state index contributed by atoms with van der Waals surface area (Å²) in [6.07, 6.45) is 10.2. The summed E-state index contributed by atoms with van der Waals surface area (Å²) >= 11 is 0. The number of pyridine rings is 1. The number of carbonyl (C=O) groups is 1. The second-order valence-electron chi connectivity index (χ2n) is 21.2. The Morgan fingerprint density at radius 2 is 1.73 bits per heavy atom. The Labute approximate surface area is 414 Å². The molecule has 0 unspecified atom stereocenters. The van der Waals surface area contributed by atoms with Crippen molar-refractivity contribution in [2.24, 2.45) is 11.3 Å². The van der Waals surface area contributed by atoms with Crippen LogP contribution in [-0.4, -0.2) is 116 Å². The van der Waals surface area contributed by atoms with Crippen LogP contribution in [0.25, 0.3) is 11.0 Å². The van der Waals surface area contributed by atoms with Gasteiger partial charge in [0.05, 0.1) is 58.6 Å². The predicted octanol–water partition coefficient (Wildman–Crippen LogP) is 8.15. The first-order chi connectivity index (χ1) is 34.2. The lowest BCUT2D eigenvalue weighted by atomic mass is 9.59. The maximum atomic E-state index is 14.7. The fourth-order valence-electron chi connectivity index (χ4n) is 12.3. The van der Waals surface area contributed by atoms with Crippen molar-refractivity contribution < 1.29 is 37.5 Å². The van der Waals surface area contributed by atoms with Crippen molar-refractivity contribution in [3.8, 4) is 5.88 Å². The number of piperidine rings is 1. The number of hydrogen-bond acceptors (Lipinski definition) is 14. The summed E-state index contributed by atoms with van der Waals surface area (Å²) in [6, 6.07) is 22.1. The molecule has 5 fully saturated rings. The first kappa shape index (κ1) is 47.5. The normalized spacial score (nSPS) is 25.9. The molecule has 0 bridgehead atoms. The average molecular weight is 989 g/mol. The van der Waals surface area contributed by atoms with Crippen LogP contribution in [0.1, 0.15) is 98.7 Å². The molecule has 1 spiro atoms. The minimum absolute atomic E-state index is 0.0999. The molecule has 2 aliphatic carbocycles. The van der Waals surface area contributed by atoms with Crippen molar-refractivity contribution in [1.29, 1.82) is 0 Å². The van der Waals surface area contributed by atoms with Gasteiger partial charge >= 0.3 is 0 Å². The minimum atomic E-state index is -4.62. The van der Waals surface area contributed by atoms with Crippen molar-refractivity contribution in [2.45, 2.75) is 113 Å². The third kappa shape index (κ3) is 9.44. The van der Waals surface area contributed by atoms with Gasteiger partial charge in [-0.15, -0.1) is 0 Å². The van der Waals surface area contributed by atoms with Gasteiger partial charge in [-0.05, 0) is 137 Å². The van der Waals surface area contributed by atoms with Crippen molar-refractivity contribution in [2.75, 3.05) is 67.7 Å². The lowest BCUT2D eigenvalue weighted by molar-refractivity contribution is -0.384. The third-order valence-electron chi connectivity index (χ3n) is 16.5. The van der Waals surface area contributed by atoms with Crippen LogP contribution in [0.4, 0.5) is 28.4 Å². The molecule has 71 heavy (non-hydrogen) atoms. The number of amides is 1. The number of aromatic amines is 1. The molecule has 2 saturated carbocycles. The van der Waals surface area contributed by atoms with E-state index in [1.807, 2.05) is 42.3 Å². The van der Waals surface area contributed by atoms with Crippen molar-refractivity contribution in [3.63, 3.8) is 0 Å².